The summed E-state index contributed by atoms with van der Waals surface area (Å²) in [7, 11) is 1.91. The number of hydrogen-bond acceptors (Lipinski definition) is 5. The number of hydrogen-bond donors (Lipinski definition) is 1. The Morgan fingerprint density at radius 2 is 2.12 bits per heavy atom. The molecule has 130 valence electrons. The number of aromatic nitrogens is 3. The maximum absolute atomic E-state index is 12.1. The van der Waals surface area contributed by atoms with Gasteiger partial charge in [0, 0.05) is 12.8 Å². The minimum absolute atomic E-state index is 0.196. The number of carbonyl (C=O) groups excluding carboxylic acids is 1. The van der Waals surface area contributed by atoms with E-state index >= 15 is 0 Å². The highest BCUT2D eigenvalue weighted by Crippen LogP contribution is 2.24. The van der Waals surface area contributed by atoms with E-state index in [1.54, 1.807) is 17.8 Å². The molecule has 2 aromatic heterocycles. The Balaban J connectivity index is 1.66. The van der Waals surface area contributed by atoms with Crippen molar-refractivity contribution < 1.29 is 9.21 Å². The first-order valence-electron chi connectivity index (χ1n) is 7.96. The molecule has 0 aliphatic carbocycles. The van der Waals surface area contributed by atoms with Crippen molar-refractivity contribution in [2.45, 2.75) is 30.8 Å². The second kappa shape index (κ2) is 7.57. The molecule has 0 fully saturated rings. The minimum atomic E-state index is -0.257. The van der Waals surface area contributed by atoms with Gasteiger partial charge >= 0.3 is 0 Å². The van der Waals surface area contributed by atoms with E-state index in [0.29, 0.717) is 11.4 Å². The Morgan fingerprint density at radius 3 is 2.84 bits per heavy atom. The van der Waals surface area contributed by atoms with Gasteiger partial charge in [-0.15, -0.1) is 10.2 Å². The molecule has 0 bridgehead atoms. The molecule has 6 nitrogen and oxygen atoms in total. The van der Waals surface area contributed by atoms with Crippen LogP contribution in [-0.4, -0.2) is 20.7 Å². The minimum Gasteiger partial charge on any atom is -0.472 e. The van der Waals surface area contributed by atoms with Gasteiger partial charge in [-0.25, -0.2) is 0 Å². The van der Waals surface area contributed by atoms with Crippen LogP contribution >= 0.6 is 11.8 Å². The molecule has 2 heterocycles. The molecule has 25 heavy (non-hydrogen) atoms. The fourth-order valence-corrected chi connectivity index (χ4v) is 3.48. The van der Waals surface area contributed by atoms with Crippen LogP contribution in [0.1, 0.15) is 40.3 Å². The van der Waals surface area contributed by atoms with Crippen LogP contribution in [-0.2, 0) is 12.8 Å². The number of benzene rings is 1. The van der Waals surface area contributed by atoms with Crippen molar-refractivity contribution in [3.05, 3.63) is 65.4 Å². The molecule has 0 saturated heterocycles. The molecule has 1 aromatic carbocycles. The van der Waals surface area contributed by atoms with E-state index in [1.165, 1.54) is 23.7 Å². The smallest absolute Gasteiger partial charge is 0.255 e. The predicted octanol–water partition coefficient (Wildman–Crippen LogP) is 3.50. The van der Waals surface area contributed by atoms with Crippen LogP contribution in [0.5, 0.6) is 0 Å². The third kappa shape index (κ3) is 3.93. The molecule has 1 N–H and O–H groups in total. The maximum atomic E-state index is 12.1. The quantitative estimate of drug-likeness (QED) is 0.684. The van der Waals surface area contributed by atoms with E-state index in [0.717, 1.165) is 10.9 Å². The van der Waals surface area contributed by atoms with Gasteiger partial charge in [-0.3, -0.25) is 4.79 Å². The van der Waals surface area contributed by atoms with Crippen molar-refractivity contribution in [1.29, 1.82) is 0 Å². The van der Waals surface area contributed by atoms with Crippen molar-refractivity contribution in [1.82, 2.24) is 20.1 Å². The Labute approximate surface area is 150 Å². The molecule has 3 rings (SSSR count). The molecule has 1 unspecified atom stereocenters. The average Bonchev–Trinajstić information content (AvgIpc) is 3.24. The van der Waals surface area contributed by atoms with E-state index in [2.05, 4.69) is 34.6 Å². The lowest BCUT2D eigenvalue weighted by atomic mass is 10.1. The first-order valence-corrected chi connectivity index (χ1v) is 8.94. The second-order valence-corrected chi connectivity index (χ2v) is 6.76. The van der Waals surface area contributed by atoms with Crippen LogP contribution in [0.4, 0.5) is 0 Å². The van der Waals surface area contributed by atoms with Crippen molar-refractivity contribution >= 4 is 17.7 Å². The molecule has 0 saturated carbocycles. The highest BCUT2D eigenvalue weighted by molar-refractivity contribution is 7.98. The molecule has 1 amide bonds. The summed E-state index contributed by atoms with van der Waals surface area (Å²) in [6.07, 6.45) is 2.89. The van der Waals surface area contributed by atoms with E-state index in [9.17, 15) is 4.79 Å². The number of amides is 1. The van der Waals surface area contributed by atoms with Gasteiger partial charge < -0.3 is 14.3 Å². The van der Waals surface area contributed by atoms with Crippen LogP contribution in [0.15, 0.2) is 52.4 Å². The van der Waals surface area contributed by atoms with Crippen LogP contribution in [0.2, 0.25) is 0 Å². The number of aryl methyl sites for hydroxylation is 1. The number of carbonyl (C=O) groups is 1. The van der Waals surface area contributed by atoms with Crippen LogP contribution in [0, 0.1) is 6.92 Å². The number of thioether (sulfide) groups is 1. The van der Waals surface area contributed by atoms with Crippen molar-refractivity contribution in [3.63, 3.8) is 0 Å². The van der Waals surface area contributed by atoms with Crippen LogP contribution in [0.3, 0.4) is 0 Å². The summed E-state index contributed by atoms with van der Waals surface area (Å²) in [6, 6.07) is 9.67. The third-order valence-electron chi connectivity index (χ3n) is 4.00. The summed E-state index contributed by atoms with van der Waals surface area (Å²) >= 11 is 1.63. The molecule has 0 aliphatic heterocycles. The SMILES string of the molecule is Cc1ccccc1CSc1nnc(C(C)NC(=O)c2ccoc2)n1C. The van der Waals surface area contributed by atoms with Crippen molar-refractivity contribution in [2.24, 2.45) is 7.05 Å². The summed E-state index contributed by atoms with van der Waals surface area (Å²) < 4.78 is 6.86. The van der Waals surface area contributed by atoms with E-state index in [1.807, 2.05) is 30.7 Å². The topological polar surface area (TPSA) is 73.0 Å². The zero-order valence-corrected chi connectivity index (χ0v) is 15.2. The molecule has 0 aliphatic rings. The van der Waals surface area contributed by atoms with Crippen molar-refractivity contribution in [2.75, 3.05) is 0 Å². The molecular formula is C18H20N4O2S. The fourth-order valence-electron chi connectivity index (χ4n) is 2.48. The van der Waals surface area contributed by atoms with Gasteiger partial charge in [0.1, 0.15) is 6.26 Å². The lowest BCUT2D eigenvalue weighted by molar-refractivity contribution is 0.0937. The van der Waals surface area contributed by atoms with Crippen molar-refractivity contribution in [3.8, 4) is 0 Å². The van der Waals surface area contributed by atoms with Gasteiger partial charge in [0.2, 0.25) is 0 Å². The third-order valence-corrected chi connectivity index (χ3v) is 5.07. The second-order valence-electron chi connectivity index (χ2n) is 5.82. The zero-order chi connectivity index (χ0) is 17.8. The molecule has 3 aromatic rings. The zero-order valence-electron chi connectivity index (χ0n) is 14.4. The monoisotopic (exact) mass is 356 g/mol. The summed E-state index contributed by atoms with van der Waals surface area (Å²) in [5, 5.41) is 12.2. The van der Waals surface area contributed by atoms with E-state index in [4.69, 9.17) is 4.42 Å². The molecular weight excluding hydrogens is 336 g/mol. The van der Waals surface area contributed by atoms with Gasteiger partial charge in [0.25, 0.3) is 5.91 Å². The number of rotatable bonds is 6. The van der Waals surface area contributed by atoms with Crippen LogP contribution < -0.4 is 5.32 Å². The Hall–Kier alpha value is -2.54. The number of nitrogens with one attached hydrogen (secondary N) is 1. The van der Waals surface area contributed by atoms with E-state index in [-0.39, 0.29) is 11.9 Å². The molecule has 0 spiro atoms. The molecule has 1 atom stereocenters. The van der Waals surface area contributed by atoms with E-state index < -0.39 is 0 Å². The van der Waals surface area contributed by atoms with Crippen LogP contribution in [0.25, 0.3) is 0 Å². The normalized spacial score (nSPS) is 12.1. The van der Waals surface area contributed by atoms with Gasteiger partial charge in [-0.2, -0.15) is 0 Å². The largest absolute Gasteiger partial charge is 0.472 e. The lowest BCUT2D eigenvalue weighted by Crippen LogP contribution is -2.28. The Morgan fingerprint density at radius 1 is 1.32 bits per heavy atom. The first kappa shape index (κ1) is 17.3. The number of furan rings is 1. The van der Waals surface area contributed by atoms with Gasteiger partial charge in [0.15, 0.2) is 11.0 Å². The predicted molar refractivity (Wildman–Crippen MR) is 96.3 cm³/mol. The Bertz CT molecular complexity index is 858. The highest BCUT2D eigenvalue weighted by atomic mass is 32.2. The number of nitrogens with zero attached hydrogens (tertiary/aromatic N) is 3. The van der Waals surface area contributed by atoms with Gasteiger partial charge in [0.05, 0.1) is 17.9 Å². The summed E-state index contributed by atoms with van der Waals surface area (Å²) in [4.78, 5) is 12.1. The summed E-state index contributed by atoms with van der Waals surface area (Å²) in [5.74, 6) is 1.34. The maximum Gasteiger partial charge on any atom is 0.255 e. The first-order chi connectivity index (χ1) is 12.1. The van der Waals surface area contributed by atoms with Gasteiger partial charge in [-0.1, -0.05) is 36.0 Å². The summed E-state index contributed by atoms with van der Waals surface area (Å²) in [5.41, 5.74) is 3.03. The highest BCUT2D eigenvalue weighted by Gasteiger charge is 2.19. The fraction of sp³-hybridized carbons (Fsp3) is 0.278. The van der Waals surface area contributed by atoms with Gasteiger partial charge in [-0.05, 0) is 31.0 Å². The molecule has 0 radical (unpaired) electrons. The Kier molecular flexibility index (Phi) is 5.23. The summed E-state index contributed by atoms with van der Waals surface area (Å²) in [6.45, 7) is 3.99. The standard InChI is InChI=1S/C18H20N4O2S/c1-12-6-4-5-7-15(12)11-25-18-21-20-16(22(18)3)13(2)19-17(23)14-8-9-24-10-14/h4-10,13H,11H2,1-3H3,(H,19,23). The molecule has 7 heteroatoms. The average molecular weight is 356 g/mol. The lowest BCUT2D eigenvalue weighted by Gasteiger charge is -2.13.